The minimum Gasteiger partial charge on any atom is -0.481 e. The van der Waals surface area contributed by atoms with Gasteiger partial charge < -0.3 is 10.2 Å². The largest absolute Gasteiger partial charge is 0.481 e. The van der Waals surface area contributed by atoms with Gasteiger partial charge in [-0.3, -0.25) is 4.79 Å². The second-order valence-electron chi connectivity index (χ2n) is 2.05. The maximum Gasteiger partial charge on any atom is 0.310 e. The summed E-state index contributed by atoms with van der Waals surface area (Å²) in [5.74, 6) is -0.296. The Morgan fingerprint density at radius 2 is 2.22 bits per heavy atom. The molecule has 1 saturated heterocycles. The van der Waals surface area contributed by atoms with Crippen molar-refractivity contribution >= 4 is 17.7 Å². The molecule has 0 aromatic rings. The fraction of sp³-hybridized carbons (Fsp3) is 0.800. The highest BCUT2D eigenvalue weighted by Crippen LogP contribution is 2.23. The van der Waals surface area contributed by atoms with Crippen LogP contribution in [0.3, 0.4) is 0 Å². The predicted molar refractivity (Wildman–Crippen MR) is 34.5 cm³/mol. The molecule has 0 radical (unpaired) electrons. The Labute approximate surface area is 57.1 Å². The Bertz CT molecular complexity index is 125. The molecule has 9 heavy (non-hydrogen) atoms. The van der Waals surface area contributed by atoms with Crippen molar-refractivity contribution in [2.75, 3.05) is 11.5 Å². The first-order chi connectivity index (χ1) is 4.22. The third-order valence-electron chi connectivity index (χ3n) is 1.37. The number of aliphatic carboxylic acids is 1. The molecule has 0 saturated carbocycles. The van der Waals surface area contributed by atoms with Crippen LogP contribution in [0.5, 0.6) is 0 Å². The van der Waals surface area contributed by atoms with Gasteiger partial charge in [-0.15, -0.1) is 0 Å². The number of hydrogen-bond donors (Lipinski definition) is 2. The van der Waals surface area contributed by atoms with E-state index in [0.717, 1.165) is 0 Å². The lowest BCUT2D eigenvalue weighted by molar-refractivity contribution is -0.143. The summed E-state index contributed by atoms with van der Waals surface area (Å²) in [6.07, 6.45) is -0.632. The summed E-state index contributed by atoms with van der Waals surface area (Å²) >= 11 is 1.49. The molecule has 0 amide bonds. The van der Waals surface area contributed by atoms with Crippen LogP contribution >= 0.6 is 11.8 Å². The normalized spacial score (nSPS) is 34.8. The Balaban J connectivity index is 2.49. The van der Waals surface area contributed by atoms with E-state index in [2.05, 4.69) is 0 Å². The summed E-state index contributed by atoms with van der Waals surface area (Å²) < 4.78 is 0. The number of carbonyl (C=O) groups is 1. The smallest absolute Gasteiger partial charge is 0.310 e. The zero-order valence-corrected chi connectivity index (χ0v) is 5.60. The van der Waals surface area contributed by atoms with E-state index in [-0.39, 0.29) is 0 Å². The van der Waals surface area contributed by atoms with Gasteiger partial charge in [0.25, 0.3) is 0 Å². The summed E-state index contributed by atoms with van der Waals surface area (Å²) in [4.78, 5) is 10.2. The number of aliphatic hydroxyl groups excluding tert-OH is 1. The van der Waals surface area contributed by atoms with Crippen molar-refractivity contribution < 1.29 is 15.0 Å². The van der Waals surface area contributed by atoms with Gasteiger partial charge in [-0.1, -0.05) is 0 Å². The van der Waals surface area contributed by atoms with E-state index < -0.39 is 18.0 Å². The Hall–Kier alpha value is -0.220. The highest BCUT2D eigenvalue weighted by Gasteiger charge is 2.31. The first kappa shape index (κ1) is 6.89. The zero-order valence-electron chi connectivity index (χ0n) is 4.78. The number of thioether (sulfide) groups is 1. The molecule has 1 aliphatic rings. The molecule has 0 spiro atoms. The molecule has 0 bridgehead atoms. The van der Waals surface area contributed by atoms with Crippen LogP contribution in [-0.2, 0) is 4.79 Å². The van der Waals surface area contributed by atoms with Gasteiger partial charge in [0, 0.05) is 11.5 Å². The van der Waals surface area contributed by atoms with Gasteiger partial charge >= 0.3 is 5.97 Å². The van der Waals surface area contributed by atoms with Crippen molar-refractivity contribution in [2.45, 2.75) is 6.10 Å². The van der Waals surface area contributed by atoms with Gasteiger partial charge in [0.15, 0.2) is 0 Å². The van der Waals surface area contributed by atoms with Crippen LogP contribution in [0.2, 0.25) is 0 Å². The standard InChI is InChI=1S/C5H8O3S/c6-4-2-9-1-3(4)5(7)8/h3-4,6H,1-2H2,(H,7,8)/t3-,4+/m0/s1. The number of hydrogen-bond acceptors (Lipinski definition) is 3. The number of aliphatic hydroxyl groups is 1. The molecular weight excluding hydrogens is 140 g/mol. The zero-order chi connectivity index (χ0) is 6.85. The average Bonchev–Trinajstić information content (AvgIpc) is 2.13. The molecule has 1 fully saturated rings. The minimum atomic E-state index is -0.882. The van der Waals surface area contributed by atoms with Crippen LogP contribution in [0.1, 0.15) is 0 Å². The lowest BCUT2D eigenvalue weighted by Gasteiger charge is -2.05. The van der Waals surface area contributed by atoms with Gasteiger partial charge in [-0.05, 0) is 0 Å². The second-order valence-corrected chi connectivity index (χ2v) is 3.12. The summed E-state index contributed by atoms with van der Waals surface area (Å²) in [7, 11) is 0. The van der Waals surface area contributed by atoms with E-state index in [4.69, 9.17) is 10.2 Å². The molecule has 1 heterocycles. The Morgan fingerprint density at radius 3 is 2.44 bits per heavy atom. The third-order valence-corrected chi connectivity index (χ3v) is 2.54. The monoisotopic (exact) mass is 148 g/mol. The van der Waals surface area contributed by atoms with E-state index in [1.165, 1.54) is 11.8 Å². The summed E-state index contributed by atoms with van der Waals surface area (Å²) in [5, 5.41) is 17.4. The van der Waals surface area contributed by atoms with Crippen molar-refractivity contribution in [3.63, 3.8) is 0 Å². The van der Waals surface area contributed by atoms with Crippen molar-refractivity contribution in [3.05, 3.63) is 0 Å². The molecule has 0 unspecified atom stereocenters. The second kappa shape index (κ2) is 2.58. The molecule has 0 aliphatic carbocycles. The van der Waals surface area contributed by atoms with Crippen LogP contribution in [0.4, 0.5) is 0 Å². The van der Waals surface area contributed by atoms with Gasteiger partial charge in [0.05, 0.1) is 12.0 Å². The molecule has 0 aromatic heterocycles. The molecule has 52 valence electrons. The topological polar surface area (TPSA) is 57.5 Å². The lowest BCUT2D eigenvalue weighted by Crippen LogP contribution is -2.25. The average molecular weight is 148 g/mol. The summed E-state index contributed by atoms with van der Waals surface area (Å²) in [5.41, 5.74) is 0. The van der Waals surface area contributed by atoms with Gasteiger partial charge in [-0.2, -0.15) is 11.8 Å². The van der Waals surface area contributed by atoms with Gasteiger partial charge in [0.2, 0.25) is 0 Å². The first-order valence-corrected chi connectivity index (χ1v) is 3.86. The van der Waals surface area contributed by atoms with E-state index in [0.29, 0.717) is 11.5 Å². The van der Waals surface area contributed by atoms with Crippen molar-refractivity contribution in [2.24, 2.45) is 5.92 Å². The van der Waals surface area contributed by atoms with Crippen molar-refractivity contribution in [1.82, 2.24) is 0 Å². The van der Waals surface area contributed by atoms with E-state index in [1.54, 1.807) is 0 Å². The maximum atomic E-state index is 10.2. The molecule has 4 heteroatoms. The van der Waals surface area contributed by atoms with E-state index in [1.807, 2.05) is 0 Å². The molecule has 1 aliphatic heterocycles. The molecule has 2 N–H and O–H groups in total. The fourth-order valence-electron chi connectivity index (χ4n) is 0.779. The fourth-order valence-corrected chi connectivity index (χ4v) is 2.01. The Morgan fingerprint density at radius 1 is 1.56 bits per heavy atom. The molecule has 1 rings (SSSR count). The summed E-state index contributed by atoms with van der Waals surface area (Å²) in [6, 6.07) is 0. The minimum absolute atomic E-state index is 0.532. The van der Waals surface area contributed by atoms with Crippen LogP contribution in [0.25, 0.3) is 0 Å². The SMILES string of the molecule is O=C(O)[C@H]1CSC[C@H]1O. The molecule has 2 atom stereocenters. The first-order valence-electron chi connectivity index (χ1n) is 2.70. The van der Waals surface area contributed by atoms with Gasteiger partial charge in [0.1, 0.15) is 0 Å². The van der Waals surface area contributed by atoms with Crippen molar-refractivity contribution in [1.29, 1.82) is 0 Å². The predicted octanol–water partition coefficient (Wildman–Crippen LogP) is -0.205. The lowest BCUT2D eigenvalue weighted by atomic mass is 10.1. The van der Waals surface area contributed by atoms with Gasteiger partial charge in [-0.25, -0.2) is 0 Å². The highest BCUT2D eigenvalue weighted by atomic mass is 32.2. The van der Waals surface area contributed by atoms with Crippen LogP contribution in [-0.4, -0.2) is 33.8 Å². The third kappa shape index (κ3) is 1.37. The quantitative estimate of drug-likeness (QED) is 0.540. The van der Waals surface area contributed by atoms with E-state index >= 15 is 0 Å². The van der Waals surface area contributed by atoms with Crippen molar-refractivity contribution in [3.8, 4) is 0 Å². The highest BCUT2D eigenvalue weighted by molar-refractivity contribution is 7.99. The van der Waals surface area contributed by atoms with Crippen LogP contribution < -0.4 is 0 Å². The van der Waals surface area contributed by atoms with Crippen LogP contribution in [0.15, 0.2) is 0 Å². The Kier molecular flexibility index (Phi) is 1.97. The number of carboxylic acids is 1. The number of carboxylic acid groups (broad SMARTS) is 1. The molecular formula is C5H8O3S. The number of rotatable bonds is 1. The molecule has 3 nitrogen and oxygen atoms in total. The van der Waals surface area contributed by atoms with Crippen LogP contribution in [0, 0.1) is 5.92 Å². The maximum absolute atomic E-state index is 10.2. The summed E-state index contributed by atoms with van der Waals surface area (Å²) in [6.45, 7) is 0. The van der Waals surface area contributed by atoms with E-state index in [9.17, 15) is 4.79 Å². The molecule has 0 aromatic carbocycles.